The summed E-state index contributed by atoms with van der Waals surface area (Å²) in [5.74, 6) is 1.65. The molecule has 5 nitrogen and oxygen atoms in total. The molecule has 0 fully saturated rings. The van der Waals surface area contributed by atoms with Gasteiger partial charge < -0.3 is 4.74 Å². The number of ether oxygens (including phenoxy) is 1. The second-order valence-corrected chi connectivity index (χ2v) is 28.6. The molecule has 0 N–H and O–H groups in total. The van der Waals surface area contributed by atoms with E-state index in [4.69, 9.17) is 13.8 Å². The van der Waals surface area contributed by atoms with Crippen LogP contribution < -0.4 is 30.1 Å². The number of imidazole rings is 1. The number of nitrogens with zero attached hydrogens (tertiary/aromatic N) is 4. The molecule has 0 spiro atoms. The van der Waals surface area contributed by atoms with Gasteiger partial charge in [-0.1, -0.05) is 278 Å². The van der Waals surface area contributed by atoms with Crippen LogP contribution in [0.3, 0.4) is 0 Å². The highest BCUT2D eigenvalue weighted by Crippen LogP contribution is 2.47. The van der Waals surface area contributed by atoms with E-state index >= 15 is 0 Å². The van der Waals surface area contributed by atoms with Crippen LogP contribution in [0.5, 0.6) is 11.5 Å². The first-order valence-electron chi connectivity index (χ1n) is 39.4. The highest BCUT2D eigenvalue weighted by atomic mass is 28.3. The number of pyridine rings is 1. The molecule has 0 unspecified atom stereocenters. The van der Waals surface area contributed by atoms with Crippen LogP contribution in [0.1, 0.15) is 77.3 Å². The van der Waals surface area contributed by atoms with Gasteiger partial charge in [0, 0.05) is 23.0 Å². The van der Waals surface area contributed by atoms with Crippen LogP contribution in [0, 0.1) is 6.33 Å². The van der Waals surface area contributed by atoms with Crippen molar-refractivity contribution in [2.24, 2.45) is 0 Å². The summed E-state index contributed by atoms with van der Waals surface area (Å²) in [6.45, 7) is 13.0. The fourth-order valence-corrected chi connectivity index (χ4v) is 16.7. The zero-order valence-electron chi connectivity index (χ0n) is 69.2. The summed E-state index contributed by atoms with van der Waals surface area (Å²) in [6.07, 6.45) is 5.67. The molecule has 15 aromatic rings. The number of benzene rings is 12. The molecular weight excluding hydrogens is 1130 g/mol. The Morgan fingerprint density at radius 1 is 0.424 bits per heavy atom. The fraction of sp³-hybridized carbons (Fsp3) is 0.0930. The van der Waals surface area contributed by atoms with Gasteiger partial charge in [-0.15, -0.1) is 0 Å². The van der Waals surface area contributed by atoms with E-state index < -0.39 is 143 Å². The monoisotopic (exact) mass is 1220 g/mol. The molecule has 1 aliphatic rings. The summed E-state index contributed by atoms with van der Waals surface area (Å²) in [6, 6.07) is 43.3. The van der Waals surface area contributed by atoms with E-state index in [0.29, 0.717) is 45.0 Å². The van der Waals surface area contributed by atoms with Crippen molar-refractivity contribution in [3.05, 3.63) is 320 Å². The highest BCUT2D eigenvalue weighted by Gasteiger charge is 2.41. The van der Waals surface area contributed by atoms with Crippen molar-refractivity contribution in [3.8, 4) is 84.3 Å². The van der Waals surface area contributed by atoms with Crippen LogP contribution in [0.25, 0.3) is 106 Å². The molecule has 4 heterocycles. The summed E-state index contributed by atoms with van der Waals surface area (Å²) in [5.41, 5.74) is 11.5. The van der Waals surface area contributed by atoms with Gasteiger partial charge in [-0.05, 0) is 153 Å². The Hall–Kier alpha value is -10.9. The summed E-state index contributed by atoms with van der Waals surface area (Å²) in [5, 5.41) is -1.31. The van der Waals surface area contributed by atoms with Gasteiger partial charge in [-0.2, -0.15) is 0 Å². The second kappa shape index (κ2) is 22.2. The van der Waals surface area contributed by atoms with Crippen molar-refractivity contribution < 1.29 is 34.0 Å². The largest absolute Gasteiger partial charge is 0.458 e. The Kier molecular flexibility index (Phi) is 9.65. The lowest BCUT2D eigenvalue weighted by Gasteiger charge is -2.34. The molecular formula is C86H68N4OSi. The van der Waals surface area contributed by atoms with Crippen molar-refractivity contribution in [2.45, 2.75) is 52.4 Å². The van der Waals surface area contributed by atoms with E-state index in [1.807, 2.05) is 125 Å². The molecule has 0 saturated carbocycles. The van der Waals surface area contributed by atoms with Crippen molar-refractivity contribution in [1.82, 2.24) is 14.1 Å². The standard InChI is InChI=1S/C86H68N4OSi/c1-85(2,3)61-45-43-58(44-46-61)70-40-24-41-77-73-37-18-16-35-71(73)72-36-17-19-38-74(72)78-52-60(59-25-22-34-69(51-59)92(66-28-10-7-11-29-66,67-30-12-8-13-31-67)68-32-14-9-15-33-68)53-81-84(78)89(83(70)77)57-88(81)63-26-23-27-64(55-63)91-65-47-48-76-75-39-20-21-42-79(75)90(80(76)56-65)82-54-62(49-50-87-82)86(4,5)6/h7-56H,1-6H3/i7D,8D,9D,10D,11D,12D,13D,14D,22D,25D,28D,29D,30D,31D,32D,33D,34D,51D. The zero-order chi connectivity index (χ0) is 78.0. The predicted molar refractivity (Wildman–Crippen MR) is 384 cm³/mol. The van der Waals surface area contributed by atoms with Crippen LogP contribution in [-0.4, -0.2) is 22.2 Å². The molecule has 0 radical (unpaired) electrons. The van der Waals surface area contributed by atoms with E-state index in [0.717, 1.165) is 78.2 Å². The molecule has 442 valence electrons. The van der Waals surface area contributed by atoms with Gasteiger partial charge in [0.05, 0.1) is 58.1 Å². The Balaban J connectivity index is 1.04. The minimum Gasteiger partial charge on any atom is -0.458 e. The quantitative estimate of drug-likeness (QED) is 0.0592. The van der Waals surface area contributed by atoms with Gasteiger partial charge >= 0.3 is 0 Å². The van der Waals surface area contributed by atoms with Crippen LogP contribution in [0.15, 0.2) is 303 Å². The maximum absolute atomic E-state index is 11.1. The molecule has 0 saturated heterocycles. The van der Waals surface area contributed by atoms with E-state index in [1.54, 1.807) is 12.1 Å². The first-order chi connectivity index (χ1) is 52.3. The van der Waals surface area contributed by atoms with Crippen LogP contribution in [0.2, 0.25) is 0 Å². The van der Waals surface area contributed by atoms with Crippen LogP contribution >= 0.6 is 0 Å². The maximum Gasteiger partial charge on any atom is 0.269 e. The molecule has 0 atom stereocenters. The molecule has 92 heavy (non-hydrogen) atoms. The van der Waals surface area contributed by atoms with Gasteiger partial charge in [-0.25, -0.2) is 4.98 Å². The molecule has 12 aromatic carbocycles. The van der Waals surface area contributed by atoms with E-state index in [9.17, 15) is 20.6 Å². The number of aromatic nitrogens is 4. The first kappa shape index (κ1) is 39.9. The third-order valence-corrected chi connectivity index (χ3v) is 21.6. The topological polar surface area (TPSA) is 35.9 Å². The van der Waals surface area contributed by atoms with E-state index in [1.165, 1.54) is 0 Å². The Labute approximate surface area is 564 Å². The molecule has 0 amide bonds. The lowest BCUT2D eigenvalue weighted by molar-refractivity contribution is -0.570. The molecule has 6 heteroatoms. The summed E-state index contributed by atoms with van der Waals surface area (Å²) in [7, 11) is -6.12. The zero-order valence-corrected chi connectivity index (χ0v) is 52.2. The van der Waals surface area contributed by atoms with E-state index in [-0.39, 0.29) is 16.4 Å². The lowest BCUT2D eigenvalue weighted by atomic mass is 9.85. The Morgan fingerprint density at radius 2 is 1.02 bits per heavy atom. The molecule has 1 aliphatic heterocycles. The number of rotatable bonds is 10. The van der Waals surface area contributed by atoms with Crippen LogP contribution in [0.4, 0.5) is 0 Å². The second-order valence-electron chi connectivity index (χ2n) is 25.1. The number of hydrogen-bond donors (Lipinski definition) is 0. The number of fused-ring (bicyclic) bond motifs is 10. The summed E-state index contributed by atoms with van der Waals surface area (Å²) >= 11 is 0. The van der Waals surface area contributed by atoms with Gasteiger partial charge in [0.15, 0.2) is 8.07 Å². The van der Waals surface area contributed by atoms with E-state index in [2.05, 4.69) is 113 Å². The molecule has 16 rings (SSSR count). The third kappa shape index (κ3) is 9.52. The van der Waals surface area contributed by atoms with Crippen molar-refractivity contribution >= 4 is 61.7 Å². The van der Waals surface area contributed by atoms with Gasteiger partial charge in [0.2, 0.25) is 0 Å². The summed E-state index contributed by atoms with van der Waals surface area (Å²) in [4.78, 5) is 4.91. The summed E-state index contributed by atoms with van der Waals surface area (Å²) < 4.78 is 187. The molecule has 0 bridgehead atoms. The molecule has 0 aliphatic carbocycles. The van der Waals surface area contributed by atoms with Gasteiger partial charge in [0.1, 0.15) is 17.3 Å². The SMILES string of the molecule is [2H]c1cc([2H])c([Si](c2c([2H])c([2H])c([2H])c([2H])c2[2H])(c2c([2H])c([2H])c([2H])c([2H])c2[2H])c2c([2H])c([2H])c([2H])c(-c3cc4c5c(c3)n(-c3cccc(Oc6ccc7c8ccccc8n(-c8cc(C(C)(C)C)ccn8)c7c6)c3)[c-][n+]5-c3c(-c5ccc(C(C)(C)C)cc5)cccc3-c3ccccc3-c3ccccc3-4)c2[2H])c([2H])c1[2H]. The average molecular weight is 1220 g/mol. The van der Waals surface area contributed by atoms with Crippen molar-refractivity contribution in [1.29, 1.82) is 0 Å². The Bertz CT molecular complexity index is 6350. The predicted octanol–water partition coefficient (Wildman–Crippen LogP) is 18.6. The third-order valence-electron chi connectivity index (χ3n) is 17.6. The fourth-order valence-electron chi connectivity index (χ4n) is 13.1. The number of hydrogen-bond acceptors (Lipinski definition) is 2. The Morgan fingerprint density at radius 3 is 1.74 bits per heavy atom. The van der Waals surface area contributed by atoms with Crippen molar-refractivity contribution in [2.75, 3.05) is 0 Å². The first-order valence-corrected chi connectivity index (χ1v) is 32.4. The minimum absolute atomic E-state index is 0.0225. The minimum atomic E-state index is -6.12. The highest BCUT2D eigenvalue weighted by molar-refractivity contribution is 7.19. The molecule has 3 aromatic heterocycles. The van der Waals surface area contributed by atoms with Crippen LogP contribution in [-0.2, 0) is 10.8 Å². The van der Waals surface area contributed by atoms with Gasteiger partial charge in [-0.3, -0.25) is 13.7 Å². The maximum atomic E-state index is 11.1. The lowest BCUT2D eigenvalue weighted by Crippen LogP contribution is -2.74. The number of para-hydroxylation sites is 2. The normalized spacial score (nSPS) is 15.0. The smallest absolute Gasteiger partial charge is 0.269 e. The average Bonchev–Trinajstić information content (AvgIpc) is 0.797. The van der Waals surface area contributed by atoms with Gasteiger partial charge in [0.25, 0.3) is 6.33 Å². The van der Waals surface area contributed by atoms with Crippen molar-refractivity contribution in [3.63, 3.8) is 0 Å².